The molecule has 4 heterocycles. The Labute approximate surface area is 168 Å². The number of aromatic nitrogens is 4. The molecule has 1 fully saturated rings. The summed E-state index contributed by atoms with van der Waals surface area (Å²) < 4.78 is 15.8. The van der Waals surface area contributed by atoms with E-state index < -0.39 is 0 Å². The molecule has 152 valence electrons. The summed E-state index contributed by atoms with van der Waals surface area (Å²) in [5.41, 5.74) is 2.11. The van der Waals surface area contributed by atoms with Gasteiger partial charge in [-0.1, -0.05) is 6.42 Å². The number of aromatic amines is 1. The smallest absolute Gasteiger partial charge is 0.270 e. The molecule has 8 heteroatoms. The summed E-state index contributed by atoms with van der Waals surface area (Å²) in [7, 11) is 0. The standard InChI is InChI=1S/C21H25FN6O/c1-13-15-12-14(22)5-6-16(15)24-19(13)21(29)27-9-7-18-25-26-20(28(18)11-10-27)17-4-2-3-8-23-17/h5-6,12,17,23-24H,2-4,7-11H2,1H3/t17-/m0/s1. The average molecular weight is 396 g/mol. The summed E-state index contributed by atoms with van der Waals surface area (Å²) in [5.74, 6) is 1.59. The minimum Gasteiger partial charge on any atom is -0.350 e. The summed E-state index contributed by atoms with van der Waals surface area (Å²) in [6, 6.07) is 4.82. The van der Waals surface area contributed by atoms with Crippen molar-refractivity contribution in [2.24, 2.45) is 0 Å². The molecule has 1 aromatic carbocycles. The monoisotopic (exact) mass is 396 g/mol. The Balaban J connectivity index is 1.38. The SMILES string of the molecule is Cc1c(C(=O)N2CCc3nnc([C@@H]4CCCCN4)n3CC2)[nH]c2ccc(F)cc12. The number of benzene rings is 1. The number of carbonyl (C=O) groups is 1. The number of carbonyl (C=O) groups excluding carboxylic acids is 1. The first-order valence-electron chi connectivity index (χ1n) is 10.3. The van der Waals surface area contributed by atoms with Crippen LogP contribution in [0.4, 0.5) is 4.39 Å². The molecule has 1 atom stereocenters. The molecule has 2 aromatic heterocycles. The number of hydrogen-bond acceptors (Lipinski definition) is 4. The summed E-state index contributed by atoms with van der Waals surface area (Å²) in [4.78, 5) is 18.3. The van der Waals surface area contributed by atoms with Crippen LogP contribution < -0.4 is 5.32 Å². The summed E-state index contributed by atoms with van der Waals surface area (Å²) in [6.45, 7) is 4.77. The van der Waals surface area contributed by atoms with E-state index in [4.69, 9.17) is 0 Å². The van der Waals surface area contributed by atoms with E-state index in [0.717, 1.165) is 41.1 Å². The van der Waals surface area contributed by atoms with E-state index in [2.05, 4.69) is 25.1 Å². The molecule has 29 heavy (non-hydrogen) atoms. The number of aryl methyl sites for hydroxylation is 1. The first-order chi connectivity index (χ1) is 14.1. The van der Waals surface area contributed by atoms with Gasteiger partial charge in [0.2, 0.25) is 0 Å². The van der Waals surface area contributed by atoms with Crippen molar-refractivity contribution in [1.82, 2.24) is 30.0 Å². The van der Waals surface area contributed by atoms with Crippen LogP contribution in [-0.4, -0.2) is 50.2 Å². The molecule has 0 bridgehead atoms. The normalized spacial score (nSPS) is 19.9. The van der Waals surface area contributed by atoms with Crippen molar-refractivity contribution in [3.63, 3.8) is 0 Å². The lowest BCUT2D eigenvalue weighted by atomic mass is 10.0. The predicted octanol–water partition coefficient (Wildman–Crippen LogP) is 2.72. The van der Waals surface area contributed by atoms with Crippen LogP contribution >= 0.6 is 0 Å². The topological polar surface area (TPSA) is 78.8 Å². The van der Waals surface area contributed by atoms with Crippen LogP contribution in [0.5, 0.6) is 0 Å². The van der Waals surface area contributed by atoms with Gasteiger partial charge in [0.05, 0.1) is 6.04 Å². The van der Waals surface area contributed by atoms with Crippen molar-refractivity contribution >= 4 is 16.8 Å². The molecule has 1 saturated heterocycles. The second-order valence-electron chi connectivity index (χ2n) is 7.99. The lowest BCUT2D eigenvalue weighted by Gasteiger charge is -2.24. The Morgan fingerprint density at radius 1 is 1.21 bits per heavy atom. The van der Waals surface area contributed by atoms with Crippen molar-refractivity contribution in [3.05, 3.63) is 46.9 Å². The van der Waals surface area contributed by atoms with Gasteiger partial charge in [-0.2, -0.15) is 0 Å². The zero-order chi connectivity index (χ0) is 20.0. The van der Waals surface area contributed by atoms with E-state index >= 15 is 0 Å². The van der Waals surface area contributed by atoms with Crippen LogP contribution in [0.3, 0.4) is 0 Å². The lowest BCUT2D eigenvalue weighted by molar-refractivity contribution is 0.0753. The van der Waals surface area contributed by atoms with Gasteiger partial charge in [0, 0.05) is 37.0 Å². The molecule has 0 aliphatic carbocycles. The van der Waals surface area contributed by atoms with E-state index in [1.807, 2.05) is 11.8 Å². The van der Waals surface area contributed by atoms with E-state index in [1.165, 1.54) is 25.0 Å². The van der Waals surface area contributed by atoms with Gasteiger partial charge in [-0.3, -0.25) is 4.79 Å². The maximum atomic E-state index is 13.6. The molecular formula is C21H25FN6O. The van der Waals surface area contributed by atoms with Gasteiger partial charge >= 0.3 is 0 Å². The molecule has 0 spiro atoms. The molecule has 2 N–H and O–H groups in total. The highest BCUT2D eigenvalue weighted by Gasteiger charge is 2.28. The molecule has 0 radical (unpaired) electrons. The van der Waals surface area contributed by atoms with Gasteiger partial charge in [-0.25, -0.2) is 4.39 Å². The van der Waals surface area contributed by atoms with Crippen molar-refractivity contribution < 1.29 is 9.18 Å². The second-order valence-corrected chi connectivity index (χ2v) is 7.99. The van der Waals surface area contributed by atoms with E-state index in [-0.39, 0.29) is 17.8 Å². The van der Waals surface area contributed by atoms with Gasteiger partial charge in [0.1, 0.15) is 23.2 Å². The van der Waals surface area contributed by atoms with Crippen LogP contribution in [0.15, 0.2) is 18.2 Å². The molecule has 1 amide bonds. The number of halogens is 1. The zero-order valence-electron chi connectivity index (χ0n) is 16.5. The fourth-order valence-corrected chi connectivity index (χ4v) is 4.55. The summed E-state index contributed by atoms with van der Waals surface area (Å²) >= 11 is 0. The minimum absolute atomic E-state index is 0.0461. The van der Waals surface area contributed by atoms with E-state index in [0.29, 0.717) is 31.7 Å². The van der Waals surface area contributed by atoms with Crippen LogP contribution in [0.2, 0.25) is 0 Å². The molecular weight excluding hydrogens is 371 g/mol. The predicted molar refractivity (Wildman–Crippen MR) is 107 cm³/mol. The van der Waals surface area contributed by atoms with Crippen LogP contribution in [0.25, 0.3) is 10.9 Å². The summed E-state index contributed by atoms with van der Waals surface area (Å²) in [5, 5.41) is 13.1. The number of H-pyrrole nitrogens is 1. The van der Waals surface area contributed by atoms with Gasteiger partial charge in [-0.05, 0) is 50.1 Å². The fourth-order valence-electron chi connectivity index (χ4n) is 4.55. The third-order valence-corrected chi connectivity index (χ3v) is 6.20. The average Bonchev–Trinajstić information content (AvgIpc) is 3.22. The first-order valence-corrected chi connectivity index (χ1v) is 10.3. The number of rotatable bonds is 2. The number of hydrogen-bond donors (Lipinski definition) is 2. The highest BCUT2D eigenvalue weighted by Crippen LogP contribution is 2.26. The quantitative estimate of drug-likeness (QED) is 0.698. The molecule has 7 nitrogen and oxygen atoms in total. The fraction of sp³-hybridized carbons (Fsp3) is 0.476. The molecule has 5 rings (SSSR count). The van der Waals surface area contributed by atoms with E-state index in [9.17, 15) is 9.18 Å². The Morgan fingerprint density at radius 2 is 2.10 bits per heavy atom. The third kappa shape index (κ3) is 3.21. The summed E-state index contributed by atoms with van der Waals surface area (Å²) in [6.07, 6.45) is 4.16. The van der Waals surface area contributed by atoms with Crippen LogP contribution in [0.1, 0.15) is 53.0 Å². The molecule has 2 aliphatic rings. The van der Waals surface area contributed by atoms with Gasteiger partial charge in [-0.15, -0.1) is 10.2 Å². The van der Waals surface area contributed by atoms with Crippen molar-refractivity contribution in [2.45, 2.75) is 45.2 Å². The lowest BCUT2D eigenvalue weighted by Crippen LogP contribution is -2.35. The van der Waals surface area contributed by atoms with Crippen molar-refractivity contribution in [1.29, 1.82) is 0 Å². The Bertz CT molecular complexity index is 1060. The third-order valence-electron chi connectivity index (χ3n) is 6.20. The molecule has 0 unspecified atom stereocenters. The highest BCUT2D eigenvalue weighted by molar-refractivity contribution is 6.00. The van der Waals surface area contributed by atoms with Crippen LogP contribution in [-0.2, 0) is 13.0 Å². The number of amides is 1. The van der Waals surface area contributed by atoms with Crippen molar-refractivity contribution in [3.8, 4) is 0 Å². The Hall–Kier alpha value is -2.74. The maximum absolute atomic E-state index is 13.6. The number of nitrogens with one attached hydrogen (secondary N) is 2. The van der Waals surface area contributed by atoms with Gasteiger partial charge < -0.3 is 19.8 Å². The Kier molecular flexibility index (Phi) is 4.58. The molecule has 3 aromatic rings. The van der Waals surface area contributed by atoms with E-state index in [1.54, 1.807) is 6.07 Å². The Morgan fingerprint density at radius 3 is 2.93 bits per heavy atom. The first kappa shape index (κ1) is 18.3. The van der Waals surface area contributed by atoms with Crippen molar-refractivity contribution in [2.75, 3.05) is 19.6 Å². The second kappa shape index (κ2) is 7.26. The molecule has 0 saturated carbocycles. The number of nitrogens with zero attached hydrogens (tertiary/aromatic N) is 4. The van der Waals surface area contributed by atoms with Gasteiger partial charge in [0.25, 0.3) is 5.91 Å². The van der Waals surface area contributed by atoms with Crippen LogP contribution in [0, 0.1) is 12.7 Å². The largest absolute Gasteiger partial charge is 0.350 e. The maximum Gasteiger partial charge on any atom is 0.270 e. The molecule has 2 aliphatic heterocycles. The highest BCUT2D eigenvalue weighted by atomic mass is 19.1. The minimum atomic E-state index is -0.296. The van der Waals surface area contributed by atoms with Gasteiger partial charge in [0.15, 0.2) is 0 Å². The zero-order valence-corrected chi connectivity index (χ0v) is 16.5. The number of fused-ring (bicyclic) bond motifs is 2. The number of piperidine rings is 1.